The number of carbonyl (C=O) groups is 1. The highest BCUT2D eigenvalue weighted by Crippen LogP contribution is 2.33. The summed E-state index contributed by atoms with van der Waals surface area (Å²) in [5, 5.41) is 2.41. The molecule has 0 fully saturated rings. The van der Waals surface area contributed by atoms with Gasteiger partial charge >= 0.3 is 0 Å². The van der Waals surface area contributed by atoms with Gasteiger partial charge in [-0.3, -0.25) is 4.79 Å². The predicted octanol–water partition coefficient (Wildman–Crippen LogP) is 4.48. The summed E-state index contributed by atoms with van der Waals surface area (Å²) in [5.41, 5.74) is 5.46. The highest BCUT2D eigenvalue weighted by atomic mass is 16.1. The van der Waals surface area contributed by atoms with Gasteiger partial charge in [-0.25, -0.2) is 0 Å². The van der Waals surface area contributed by atoms with Gasteiger partial charge in [-0.1, -0.05) is 54.1 Å². The quantitative estimate of drug-likeness (QED) is 0.629. The summed E-state index contributed by atoms with van der Waals surface area (Å²) in [6.07, 6.45) is 2.18. The smallest absolute Gasteiger partial charge is 0.193 e. The first-order chi connectivity index (χ1) is 10.2. The molecule has 102 valence electrons. The lowest BCUT2D eigenvalue weighted by Crippen LogP contribution is -2.03. The van der Waals surface area contributed by atoms with E-state index in [1.165, 1.54) is 16.5 Å². The molecular weight excluding hydrogens is 256 g/mol. The van der Waals surface area contributed by atoms with Gasteiger partial charge in [0.1, 0.15) is 0 Å². The third-order valence-electron chi connectivity index (χ3n) is 4.40. The topological polar surface area (TPSA) is 17.1 Å². The number of hydrogen-bond acceptors (Lipinski definition) is 1. The van der Waals surface area contributed by atoms with Crippen LogP contribution in [-0.2, 0) is 12.8 Å². The van der Waals surface area contributed by atoms with Crippen molar-refractivity contribution in [2.45, 2.75) is 19.8 Å². The normalized spacial score (nSPS) is 12.8. The van der Waals surface area contributed by atoms with E-state index in [1.807, 2.05) is 37.3 Å². The molecule has 0 aromatic heterocycles. The van der Waals surface area contributed by atoms with Gasteiger partial charge in [0.2, 0.25) is 0 Å². The minimum absolute atomic E-state index is 0.120. The summed E-state index contributed by atoms with van der Waals surface area (Å²) in [6.45, 7) is 2.02. The summed E-state index contributed by atoms with van der Waals surface area (Å²) in [6, 6.07) is 18.3. The molecular formula is C20H16O. The second-order valence-electron chi connectivity index (χ2n) is 5.81. The Kier molecular flexibility index (Phi) is 2.68. The van der Waals surface area contributed by atoms with Crippen LogP contribution in [0.1, 0.15) is 32.6 Å². The molecule has 0 aliphatic heterocycles. The Bertz CT molecular complexity index is 864. The van der Waals surface area contributed by atoms with Crippen molar-refractivity contribution in [1.29, 1.82) is 0 Å². The zero-order chi connectivity index (χ0) is 14.4. The molecule has 0 saturated heterocycles. The molecule has 3 aromatic carbocycles. The largest absolute Gasteiger partial charge is 0.289 e. The van der Waals surface area contributed by atoms with Crippen molar-refractivity contribution in [3.63, 3.8) is 0 Å². The molecule has 0 atom stereocenters. The van der Waals surface area contributed by atoms with Crippen molar-refractivity contribution in [2.75, 3.05) is 0 Å². The maximum absolute atomic E-state index is 12.9. The van der Waals surface area contributed by atoms with E-state index in [9.17, 15) is 4.79 Å². The first-order valence-electron chi connectivity index (χ1n) is 7.39. The van der Waals surface area contributed by atoms with Gasteiger partial charge in [-0.05, 0) is 47.7 Å². The average Bonchev–Trinajstić information content (AvgIpc) is 2.92. The minimum atomic E-state index is 0.120. The molecule has 1 nitrogen and oxygen atoms in total. The molecule has 1 heteroatoms. The van der Waals surface area contributed by atoms with Crippen LogP contribution in [0.25, 0.3) is 10.8 Å². The Labute approximate surface area is 124 Å². The lowest BCUT2D eigenvalue weighted by molar-refractivity contribution is 0.104. The number of hydrogen-bond donors (Lipinski definition) is 0. The first-order valence-corrected chi connectivity index (χ1v) is 7.39. The Morgan fingerprint density at radius 1 is 0.905 bits per heavy atom. The van der Waals surface area contributed by atoms with Crippen LogP contribution in [0.15, 0.2) is 54.6 Å². The lowest BCUT2D eigenvalue weighted by atomic mass is 9.94. The Balaban J connectivity index is 1.94. The van der Waals surface area contributed by atoms with Crippen LogP contribution in [0.5, 0.6) is 0 Å². The molecule has 0 N–H and O–H groups in total. The Morgan fingerprint density at radius 2 is 1.67 bits per heavy atom. The summed E-state index contributed by atoms with van der Waals surface area (Å²) in [5.74, 6) is 0.120. The Hall–Kier alpha value is -2.41. The van der Waals surface area contributed by atoms with Crippen LogP contribution >= 0.6 is 0 Å². The van der Waals surface area contributed by atoms with E-state index in [0.29, 0.717) is 0 Å². The molecule has 21 heavy (non-hydrogen) atoms. The molecule has 0 saturated carbocycles. The summed E-state index contributed by atoms with van der Waals surface area (Å²) < 4.78 is 0. The third kappa shape index (κ3) is 1.89. The van der Waals surface area contributed by atoms with Crippen molar-refractivity contribution in [2.24, 2.45) is 0 Å². The number of ketones is 1. The highest BCUT2D eigenvalue weighted by molar-refractivity contribution is 6.17. The van der Waals surface area contributed by atoms with Crippen molar-refractivity contribution in [3.8, 4) is 0 Å². The molecule has 1 aliphatic carbocycles. The molecule has 0 unspecified atom stereocenters. The second kappa shape index (κ2) is 4.56. The van der Waals surface area contributed by atoms with Crippen LogP contribution in [0, 0.1) is 6.92 Å². The van der Waals surface area contributed by atoms with Crippen molar-refractivity contribution < 1.29 is 4.79 Å². The molecule has 4 rings (SSSR count). The van der Waals surface area contributed by atoms with Crippen LogP contribution in [0.4, 0.5) is 0 Å². The maximum atomic E-state index is 12.9. The fourth-order valence-electron chi connectivity index (χ4n) is 3.39. The average molecular weight is 272 g/mol. The van der Waals surface area contributed by atoms with Gasteiger partial charge in [0.25, 0.3) is 0 Å². The van der Waals surface area contributed by atoms with Crippen LogP contribution in [-0.4, -0.2) is 5.78 Å². The van der Waals surface area contributed by atoms with Gasteiger partial charge in [-0.2, -0.15) is 0 Å². The van der Waals surface area contributed by atoms with Crippen LogP contribution in [0.2, 0.25) is 0 Å². The Morgan fingerprint density at radius 3 is 2.48 bits per heavy atom. The van der Waals surface area contributed by atoms with Gasteiger partial charge in [0.15, 0.2) is 5.78 Å². The van der Waals surface area contributed by atoms with Gasteiger partial charge in [0, 0.05) is 11.1 Å². The van der Waals surface area contributed by atoms with E-state index in [2.05, 4.69) is 24.3 Å². The fourth-order valence-corrected chi connectivity index (χ4v) is 3.39. The van der Waals surface area contributed by atoms with E-state index < -0.39 is 0 Å². The first kappa shape index (κ1) is 12.3. The fraction of sp³-hybridized carbons (Fsp3) is 0.150. The highest BCUT2D eigenvalue weighted by Gasteiger charge is 2.19. The van der Waals surface area contributed by atoms with E-state index in [1.54, 1.807) is 0 Å². The van der Waals surface area contributed by atoms with Crippen molar-refractivity contribution >= 4 is 16.6 Å². The minimum Gasteiger partial charge on any atom is -0.289 e. The number of benzene rings is 3. The standard InChI is InChI=1S/C20H16O/c1-13-4-2-6-16(12-13)20(21)18-11-10-15-9-8-14-5-3-7-17(18)19(14)15/h2-7,10-12H,8-9H2,1H3. The molecule has 1 aliphatic rings. The van der Waals surface area contributed by atoms with Gasteiger partial charge in [-0.15, -0.1) is 0 Å². The number of aryl methyl sites for hydroxylation is 3. The lowest BCUT2D eigenvalue weighted by Gasteiger charge is -2.09. The maximum Gasteiger partial charge on any atom is 0.193 e. The third-order valence-corrected chi connectivity index (χ3v) is 4.40. The van der Waals surface area contributed by atoms with Crippen LogP contribution < -0.4 is 0 Å². The van der Waals surface area contributed by atoms with E-state index in [-0.39, 0.29) is 5.78 Å². The van der Waals surface area contributed by atoms with Crippen molar-refractivity contribution in [3.05, 3.63) is 82.4 Å². The molecule has 3 aromatic rings. The zero-order valence-electron chi connectivity index (χ0n) is 12.0. The monoisotopic (exact) mass is 272 g/mol. The second-order valence-corrected chi connectivity index (χ2v) is 5.81. The summed E-state index contributed by atoms with van der Waals surface area (Å²) >= 11 is 0. The molecule has 0 spiro atoms. The molecule has 0 radical (unpaired) electrons. The summed E-state index contributed by atoms with van der Waals surface area (Å²) in [7, 11) is 0. The molecule has 0 heterocycles. The van der Waals surface area contributed by atoms with E-state index in [0.717, 1.165) is 34.9 Å². The predicted molar refractivity (Wildman–Crippen MR) is 86.0 cm³/mol. The van der Waals surface area contributed by atoms with Crippen molar-refractivity contribution in [1.82, 2.24) is 0 Å². The van der Waals surface area contributed by atoms with Gasteiger partial charge < -0.3 is 0 Å². The molecule has 0 bridgehead atoms. The zero-order valence-corrected chi connectivity index (χ0v) is 12.0. The van der Waals surface area contributed by atoms with E-state index >= 15 is 0 Å². The van der Waals surface area contributed by atoms with Crippen LogP contribution in [0.3, 0.4) is 0 Å². The van der Waals surface area contributed by atoms with E-state index in [4.69, 9.17) is 0 Å². The SMILES string of the molecule is Cc1cccc(C(=O)c2ccc3c4c(cccc24)CC3)c1. The number of carbonyl (C=O) groups excluding carboxylic acids is 1. The number of rotatable bonds is 2. The van der Waals surface area contributed by atoms with Gasteiger partial charge in [0.05, 0.1) is 0 Å². The molecule has 0 amide bonds. The summed E-state index contributed by atoms with van der Waals surface area (Å²) in [4.78, 5) is 12.9.